The topological polar surface area (TPSA) is 67.4 Å². The quantitative estimate of drug-likeness (QED) is 0.445. The molecule has 166 valence electrons. The average molecular weight is 467 g/mol. The van der Waals surface area contributed by atoms with Gasteiger partial charge in [-0.25, -0.2) is 22.4 Å². The molecule has 0 spiro atoms. The molecule has 0 aliphatic carbocycles. The molecule has 0 aliphatic rings. The molecule has 2 N–H and O–H groups in total. The third kappa shape index (κ3) is 4.83. The van der Waals surface area contributed by atoms with Crippen LogP contribution in [0.2, 0.25) is 5.02 Å². The van der Waals surface area contributed by atoms with Gasteiger partial charge in [-0.2, -0.15) is 0 Å². The number of carbonyl (C=O) groups excluding carboxylic acids is 2. The number of benzene rings is 3. The summed E-state index contributed by atoms with van der Waals surface area (Å²) >= 11 is 6.27. The predicted octanol–water partition coefficient (Wildman–Crippen LogP) is 6.27. The van der Waals surface area contributed by atoms with E-state index in [9.17, 15) is 27.2 Å². The van der Waals surface area contributed by atoms with Crippen LogP contribution in [-0.4, -0.2) is 11.9 Å². The second-order valence-electron chi connectivity index (χ2n) is 6.69. The van der Waals surface area contributed by atoms with E-state index in [4.69, 9.17) is 16.3 Å². The van der Waals surface area contributed by atoms with Gasteiger partial charge in [0.05, 0.1) is 5.02 Å². The lowest BCUT2D eigenvalue weighted by Gasteiger charge is -2.17. The summed E-state index contributed by atoms with van der Waals surface area (Å²) < 4.78 is 59.8. The van der Waals surface area contributed by atoms with Crippen molar-refractivity contribution in [2.45, 2.75) is 13.8 Å². The van der Waals surface area contributed by atoms with Crippen molar-refractivity contribution >= 4 is 29.2 Å². The molecule has 0 fully saturated rings. The molecule has 0 aromatic heterocycles. The molecule has 0 unspecified atom stereocenters. The fourth-order valence-electron chi connectivity index (χ4n) is 2.89. The van der Waals surface area contributed by atoms with Gasteiger partial charge in [-0.1, -0.05) is 17.7 Å². The summed E-state index contributed by atoms with van der Waals surface area (Å²) in [7, 11) is 0. The van der Waals surface area contributed by atoms with E-state index in [0.717, 1.165) is 30.3 Å². The summed E-state index contributed by atoms with van der Waals surface area (Å²) in [6, 6.07) is 5.94. The van der Waals surface area contributed by atoms with E-state index >= 15 is 0 Å². The average Bonchev–Trinajstić information content (AvgIpc) is 2.71. The SMILES string of the molecule is Cc1cc(Oc2ccc(F)cc2F)c(Cl)c(C)c1NC(=O)NC(=O)c1c(F)cccc1F. The summed E-state index contributed by atoms with van der Waals surface area (Å²) in [6.07, 6.45) is 0. The van der Waals surface area contributed by atoms with E-state index in [1.165, 1.54) is 13.0 Å². The highest BCUT2D eigenvalue weighted by Gasteiger charge is 2.21. The Balaban J connectivity index is 1.81. The van der Waals surface area contributed by atoms with Crippen LogP contribution in [0.1, 0.15) is 21.5 Å². The lowest BCUT2D eigenvalue weighted by Crippen LogP contribution is -2.35. The first kappa shape index (κ1) is 23.1. The molecule has 0 saturated heterocycles. The molecular formula is C22H15ClF4N2O3. The van der Waals surface area contributed by atoms with Gasteiger partial charge in [-0.15, -0.1) is 0 Å². The molecular weight excluding hydrogens is 452 g/mol. The number of hydrogen-bond donors (Lipinski definition) is 2. The minimum atomic E-state index is -1.27. The molecule has 0 saturated carbocycles. The van der Waals surface area contributed by atoms with E-state index in [1.54, 1.807) is 6.92 Å². The minimum absolute atomic E-state index is 0.0149. The fourth-order valence-corrected chi connectivity index (χ4v) is 3.08. The molecule has 0 bridgehead atoms. The monoisotopic (exact) mass is 466 g/mol. The molecule has 10 heteroatoms. The maximum atomic E-state index is 13.9. The third-order valence-electron chi connectivity index (χ3n) is 4.43. The van der Waals surface area contributed by atoms with Gasteiger partial charge in [0.1, 0.15) is 28.8 Å². The second-order valence-corrected chi connectivity index (χ2v) is 7.07. The van der Waals surface area contributed by atoms with Crippen LogP contribution in [0.25, 0.3) is 0 Å². The van der Waals surface area contributed by atoms with Crippen molar-refractivity contribution in [3.63, 3.8) is 0 Å². The highest BCUT2D eigenvalue weighted by atomic mass is 35.5. The van der Waals surface area contributed by atoms with Gasteiger partial charge in [-0.3, -0.25) is 10.1 Å². The van der Waals surface area contributed by atoms with Gasteiger partial charge < -0.3 is 10.1 Å². The molecule has 3 aromatic rings. The zero-order chi connectivity index (χ0) is 23.6. The van der Waals surface area contributed by atoms with Gasteiger partial charge >= 0.3 is 6.03 Å². The van der Waals surface area contributed by atoms with E-state index in [0.29, 0.717) is 17.2 Å². The maximum Gasteiger partial charge on any atom is 0.326 e. The first-order valence-electron chi connectivity index (χ1n) is 9.07. The Labute approximate surface area is 185 Å². The molecule has 0 aliphatic heterocycles. The highest BCUT2D eigenvalue weighted by molar-refractivity contribution is 6.33. The zero-order valence-electron chi connectivity index (χ0n) is 16.7. The van der Waals surface area contributed by atoms with Crippen LogP contribution in [0.15, 0.2) is 42.5 Å². The van der Waals surface area contributed by atoms with Crippen molar-refractivity contribution < 1.29 is 31.9 Å². The summed E-state index contributed by atoms with van der Waals surface area (Å²) in [5.41, 5.74) is 0.0216. The first-order valence-corrected chi connectivity index (χ1v) is 9.45. The number of rotatable bonds is 4. The van der Waals surface area contributed by atoms with Crippen LogP contribution < -0.4 is 15.4 Å². The van der Waals surface area contributed by atoms with Crippen LogP contribution in [0.3, 0.4) is 0 Å². The molecule has 3 aromatic carbocycles. The second kappa shape index (κ2) is 9.27. The van der Waals surface area contributed by atoms with Crippen molar-refractivity contribution in [3.8, 4) is 11.5 Å². The number of nitrogens with one attached hydrogen (secondary N) is 2. The van der Waals surface area contributed by atoms with E-state index in [-0.39, 0.29) is 22.2 Å². The van der Waals surface area contributed by atoms with Crippen LogP contribution in [0.4, 0.5) is 28.0 Å². The van der Waals surface area contributed by atoms with Crippen LogP contribution in [0.5, 0.6) is 11.5 Å². The number of carbonyl (C=O) groups is 2. The van der Waals surface area contributed by atoms with Gasteiger partial charge in [0.2, 0.25) is 0 Å². The number of halogens is 5. The molecule has 5 nitrogen and oxygen atoms in total. The Morgan fingerprint density at radius 2 is 1.56 bits per heavy atom. The van der Waals surface area contributed by atoms with Crippen molar-refractivity contribution in [2.24, 2.45) is 0 Å². The van der Waals surface area contributed by atoms with E-state index in [2.05, 4.69) is 5.32 Å². The maximum absolute atomic E-state index is 13.9. The zero-order valence-corrected chi connectivity index (χ0v) is 17.4. The van der Waals surface area contributed by atoms with Crippen molar-refractivity contribution in [1.82, 2.24) is 5.32 Å². The highest BCUT2D eigenvalue weighted by Crippen LogP contribution is 2.38. The first-order chi connectivity index (χ1) is 15.1. The van der Waals surface area contributed by atoms with Crippen LogP contribution in [-0.2, 0) is 0 Å². The molecule has 0 radical (unpaired) electrons. The number of amides is 3. The van der Waals surface area contributed by atoms with Crippen molar-refractivity contribution in [1.29, 1.82) is 0 Å². The summed E-state index contributed by atoms with van der Waals surface area (Å²) in [6.45, 7) is 3.10. The summed E-state index contributed by atoms with van der Waals surface area (Å²) in [5.74, 6) is -5.45. The molecule has 0 atom stereocenters. The molecule has 3 amide bonds. The molecule has 32 heavy (non-hydrogen) atoms. The van der Waals surface area contributed by atoms with Crippen molar-refractivity contribution in [3.05, 3.63) is 87.4 Å². The number of aryl methyl sites for hydroxylation is 1. The molecule has 0 heterocycles. The minimum Gasteiger partial charge on any atom is -0.453 e. The van der Waals surface area contributed by atoms with E-state index < -0.39 is 40.8 Å². The van der Waals surface area contributed by atoms with Gasteiger partial charge in [0, 0.05) is 11.8 Å². The van der Waals surface area contributed by atoms with Gasteiger partial charge in [0.25, 0.3) is 5.91 Å². The smallest absolute Gasteiger partial charge is 0.326 e. The van der Waals surface area contributed by atoms with Gasteiger partial charge in [0.15, 0.2) is 11.6 Å². The number of ether oxygens (including phenoxy) is 1. The Kier molecular flexibility index (Phi) is 6.69. The predicted molar refractivity (Wildman–Crippen MR) is 110 cm³/mol. The summed E-state index contributed by atoms with van der Waals surface area (Å²) in [4.78, 5) is 24.3. The lowest BCUT2D eigenvalue weighted by atomic mass is 10.1. The Bertz CT molecular complexity index is 1210. The molecule has 3 rings (SSSR count). The third-order valence-corrected chi connectivity index (χ3v) is 4.90. The largest absolute Gasteiger partial charge is 0.453 e. The van der Waals surface area contributed by atoms with E-state index in [1.807, 2.05) is 5.32 Å². The number of anilines is 1. The van der Waals surface area contributed by atoms with Crippen molar-refractivity contribution in [2.75, 3.05) is 5.32 Å². The lowest BCUT2D eigenvalue weighted by molar-refractivity contribution is 0.0959. The van der Waals surface area contributed by atoms with Crippen LogP contribution in [0, 0.1) is 37.1 Å². The van der Waals surface area contributed by atoms with Gasteiger partial charge in [-0.05, 0) is 55.3 Å². The number of hydrogen-bond acceptors (Lipinski definition) is 3. The summed E-state index contributed by atoms with van der Waals surface area (Å²) in [5, 5.41) is 4.24. The Morgan fingerprint density at radius 1 is 0.906 bits per heavy atom. The normalized spacial score (nSPS) is 10.6. The van der Waals surface area contributed by atoms with Crippen LogP contribution >= 0.6 is 11.6 Å². The Hall–Kier alpha value is -3.59. The Morgan fingerprint density at radius 3 is 2.19 bits per heavy atom. The number of urea groups is 1. The standard InChI is InChI=1S/C22H15ClF4N2O3/c1-10-8-17(32-16-7-6-12(24)9-15(16)27)19(23)11(2)20(10)28-22(31)29-21(30)18-13(25)4-3-5-14(18)26/h3-9H,1-2H3,(H2,28,29,30,31). The number of imide groups is 1. The fraction of sp³-hybridized carbons (Fsp3) is 0.0909.